The second kappa shape index (κ2) is 23.0. The van der Waals surface area contributed by atoms with E-state index in [2.05, 4.69) is 282 Å². The van der Waals surface area contributed by atoms with Gasteiger partial charge < -0.3 is 0 Å². The second-order valence-electron chi connectivity index (χ2n) is 25.6. The zero-order valence-corrected chi connectivity index (χ0v) is 54.8. The molecule has 14 aromatic rings. The molecular formula is C86H73SiZr. The minimum absolute atomic E-state index is 0.361. The van der Waals surface area contributed by atoms with Gasteiger partial charge in [-0.1, -0.05) is 0 Å². The Hall–Kier alpha value is -8.26. The third-order valence-corrected chi connectivity index (χ3v) is 41.8. The van der Waals surface area contributed by atoms with Crippen molar-refractivity contribution in [1.29, 1.82) is 0 Å². The average molecular weight is 1230 g/mol. The summed E-state index contributed by atoms with van der Waals surface area (Å²) in [6, 6.07) is 94.2. The molecule has 2 aliphatic rings. The van der Waals surface area contributed by atoms with Crippen LogP contribution in [0, 0.1) is 0 Å². The summed E-state index contributed by atoms with van der Waals surface area (Å²) in [5.74, 6) is -1.52. The van der Waals surface area contributed by atoms with Gasteiger partial charge in [0.25, 0.3) is 0 Å². The molecule has 2 unspecified atom stereocenters. The number of unbranched alkanes of at least 4 members (excludes halogenated alkanes) is 4. The molecule has 16 rings (SSSR count). The predicted molar refractivity (Wildman–Crippen MR) is 383 cm³/mol. The van der Waals surface area contributed by atoms with Crippen LogP contribution >= 0.6 is 0 Å². The molecule has 88 heavy (non-hydrogen) atoms. The first-order valence-electron chi connectivity index (χ1n) is 32.7. The molecule has 0 heterocycles. The third kappa shape index (κ3) is 9.15. The van der Waals surface area contributed by atoms with E-state index in [1.54, 1.807) is 22.3 Å². The molecule has 0 radical (unpaired) electrons. The first kappa shape index (κ1) is 55.1. The van der Waals surface area contributed by atoms with Crippen LogP contribution in [0.5, 0.6) is 0 Å². The van der Waals surface area contributed by atoms with Crippen molar-refractivity contribution < 1.29 is 20.9 Å². The van der Waals surface area contributed by atoms with Gasteiger partial charge in [-0.3, -0.25) is 0 Å². The number of hydrogen-bond donors (Lipinski definition) is 0. The summed E-state index contributed by atoms with van der Waals surface area (Å²) in [6.45, 7) is 10.4. The molecule has 0 saturated heterocycles. The maximum atomic E-state index is 2.84. The SMILES string of the molecule is CCCCCC1=Cc2c(-c3c4ccccc4cc4ccccc34)ccc(-c3c4ccccc4cc4ccccc34)c2[CH]1[Zr]([CH]1C(CCCCC)=Cc2c(-c3c4ccccc4cc4ccccc34)ccc(-c3c4ccccc4cc4ccccc34)c21)[SiH](C)C. The Morgan fingerprint density at radius 2 is 0.534 bits per heavy atom. The number of fused-ring (bicyclic) bond motifs is 10. The van der Waals surface area contributed by atoms with Gasteiger partial charge in [-0.2, -0.15) is 0 Å². The fraction of sp³-hybridized carbons (Fsp3) is 0.163. The molecule has 0 spiro atoms. The number of hydrogen-bond acceptors (Lipinski definition) is 0. The fourth-order valence-corrected chi connectivity index (χ4v) is 39.3. The van der Waals surface area contributed by atoms with E-state index in [1.807, 2.05) is 0 Å². The van der Waals surface area contributed by atoms with Gasteiger partial charge in [-0.15, -0.1) is 0 Å². The van der Waals surface area contributed by atoms with Gasteiger partial charge in [-0.25, -0.2) is 0 Å². The van der Waals surface area contributed by atoms with E-state index in [0.717, 1.165) is 12.8 Å². The summed E-state index contributed by atoms with van der Waals surface area (Å²) in [7, 11) is 0. The van der Waals surface area contributed by atoms with Crippen LogP contribution in [-0.4, -0.2) is 5.92 Å². The second-order valence-corrected chi connectivity index (χ2v) is 45.7. The number of allylic oxidation sites excluding steroid dienone is 2. The zero-order chi connectivity index (χ0) is 59.0. The van der Waals surface area contributed by atoms with Crippen LogP contribution in [0.1, 0.15) is 94.7 Å². The third-order valence-electron chi connectivity index (χ3n) is 20.2. The monoisotopic (exact) mass is 1220 g/mol. The number of benzene rings is 14. The number of rotatable bonds is 15. The van der Waals surface area contributed by atoms with E-state index >= 15 is 0 Å². The first-order valence-corrected chi connectivity index (χ1v) is 42.7. The van der Waals surface area contributed by atoms with Crippen LogP contribution in [-0.2, 0) is 20.9 Å². The summed E-state index contributed by atoms with van der Waals surface area (Å²) in [5, 5.41) is 21.2. The first-order chi connectivity index (χ1) is 43.4. The minimum atomic E-state index is -3.08. The van der Waals surface area contributed by atoms with Crippen LogP contribution in [0.15, 0.2) is 254 Å². The molecule has 0 bridgehead atoms. The molecule has 425 valence electrons. The van der Waals surface area contributed by atoms with E-state index in [9.17, 15) is 0 Å². The van der Waals surface area contributed by atoms with Crippen molar-refractivity contribution in [2.45, 2.75) is 85.6 Å². The van der Waals surface area contributed by atoms with Gasteiger partial charge in [-0.05, 0) is 0 Å². The van der Waals surface area contributed by atoms with Gasteiger partial charge in [0.15, 0.2) is 0 Å². The van der Waals surface area contributed by atoms with Crippen molar-refractivity contribution in [3.63, 3.8) is 0 Å². The Labute approximate surface area is 527 Å². The van der Waals surface area contributed by atoms with Crippen LogP contribution < -0.4 is 0 Å². The molecule has 0 amide bonds. The van der Waals surface area contributed by atoms with Gasteiger partial charge in [0.05, 0.1) is 0 Å². The van der Waals surface area contributed by atoms with Crippen molar-refractivity contribution in [3.8, 4) is 44.5 Å². The van der Waals surface area contributed by atoms with Gasteiger partial charge in [0, 0.05) is 0 Å². The Balaban J connectivity index is 1.05. The molecule has 0 nitrogen and oxygen atoms in total. The van der Waals surface area contributed by atoms with Gasteiger partial charge >= 0.3 is 531 Å². The van der Waals surface area contributed by atoms with E-state index < -0.39 is 26.8 Å². The average Bonchev–Trinajstić information content (AvgIpc) is 1.50. The van der Waals surface area contributed by atoms with Gasteiger partial charge in [0.2, 0.25) is 0 Å². The van der Waals surface area contributed by atoms with E-state index in [-0.39, 0.29) is 0 Å². The molecule has 2 aliphatic carbocycles. The Bertz CT molecular complexity index is 4650. The van der Waals surface area contributed by atoms with Crippen molar-refractivity contribution in [2.24, 2.45) is 0 Å². The van der Waals surface area contributed by atoms with Crippen molar-refractivity contribution >= 4 is 104 Å². The van der Waals surface area contributed by atoms with Crippen molar-refractivity contribution in [3.05, 3.63) is 276 Å². The topological polar surface area (TPSA) is 0 Å². The maximum absolute atomic E-state index is 3.08. The molecule has 0 fully saturated rings. The molecule has 0 saturated carbocycles. The molecule has 0 aliphatic heterocycles. The summed E-state index contributed by atoms with van der Waals surface area (Å²) >= 11 is -3.08. The molecular weight excluding hydrogens is 1150 g/mol. The van der Waals surface area contributed by atoms with Crippen molar-refractivity contribution in [1.82, 2.24) is 0 Å². The Morgan fingerprint density at radius 1 is 0.295 bits per heavy atom. The van der Waals surface area contributed by atoms with Crippen LogP contribution in [0.2, 0.25) is 13.1 Å². The van der Waals surface area contributed by atoms with Crippen LogP contribution in [0.3, 0.4) is 0 Å². The Kier molecular flexibility index (Phi) is 14.4. The summed E-state index contributed by atoms with van der Waals surface area (Å²) in [4.78, 5) is 0. The molecule has 2 atom stereocenters. The van der Waals surface area contributed by atoms with E-state index in [4.69, 9.17) is 0 Å². The predicted octanol–water partition coefficient (Wildman–Crippen LogP) is 24.9. The molecule has 2 heteroatoms. The summed E-state index contributed by atoms with van der Waals surface area (Å²) in [5.41, 5.74) is 20.9. The fourth-order valence-electron chi connectivity index (χ4n) is 16.4. The van der Waals surface area contributed by atoms with E-state index in [0.29, 0.717) is 7.25 Å². The van der Waals surface area contributed by atoms with E-state index in [1.165, 1.54) is 180 Å². The quantitative estimate of drug-likeness (QED) is 0.0545. The summed E-state index contributed by atoms with van der Waals surface area (Å²) in [6.07, 6.45) is 15.2. The van der Waals surface area contributed by atoms with Crippen LogP contribution in [0.4, 0.5) is 0 Å². The summed E-state index contributed by atoms with van der Waals surface area (Å²) < 4.78 is 0.721. The van der Waals surface area contributed by atoms with Crippen molar-refractivity contribution in [2.75, 3.05) is 0 Å². The molecule has 14 aromatic carbocycles. The van der Waals surface area contributed by atoms with Crippen LogP contribution in [0.25, 0.3) is 143 Å². The molecule has 0 N–H and O–H groups in total. The standard InChI is InChI=1S/2C42H33.C2H7Si.Zr/c2*1-2-3-4-13-28-24-39-37(41-33-18-9-5-14-29(33)26-30-15-6-10-19-34(30)41)22-23-38(40(39)25-28)42-35-20-11-7-16-31(35)27-32-17-8-12-21-36(32)42;1-3-2;/h2*5-12,14-27H,2-4,13H2,1H3;3H,1-2H3;. The van der Waals surface area contributed by atoms with Gasteiger partial charge in [0.1, 0.15) is 0 Å². The molecule has 0 aromatic heterocycles. The zero-order valence-electron chi connectivity index (χ0n) is 51.1. The normalized spacial score (nSPS) is 14.7. The Morgan fingerprint density at radius 3 is 0.784 bits per heavy atom.